The number of likely N-dealkylation sites (N-methyl/N-ethyl adjacent to an activating group) is 1. The number of benzene rings is 1. The summed E-state index contributed by atoms with van der Waals surface area (Å²) in [6, 6.07) is 8.36. The van der Waals surface area contributed by atoms with Crippen molar-refractivity contribution in [1.29, 1.82) is 0 Å². The van der Waals surface area contributed by atoms with Crippen molar-refractivity contribution in [2.45, 2.75) is 124 Å². The number of rotatable bonds is 19. The van der Waals surface area contributed by atoms with E-state index in [0.717, 1.165) is 10.4 Å². The molecule has 2 aromatic rings. The quantitative estimate of drug-likeness (QED) is 0.164. The van der Waals surface area contributed by atoms with E-state index in [1.165, 1.54) is 25.4 Å². The van der Waals surface area contributed by atoms with E-state index in [0.29, 0.717) is 30.8 Å². The first-order chi connectivity index (χ1) is 25.8. The van der Waals surface area contributed by atoms with Gasteiger partial charge in [0.25, 0.3) is 5.91 Å². The summed E-state index contributed by atoms with van der Waals surface area (Å²) in [6.07, 6.45) is 0.814. The number of thiazole rings is 1. The van der Waals surface area contributed by atoms with Crippen molar-refractivity contribution >= 4 is 46.7 Å². The van der Waals surface area contributed by atoms with Gasteiger partial charge in [0.15, 0.2) is 11.9 Å². The first-order valence-electron chi connectivity index (χ1n) is 19.5. The van der Waals surface area contributed by atoms with Crippen molar-refractivity contribution in [3.05, 3.63) is 51.5 Å². The molecule has 55 heavy (non-hydrogen) atoms. The number of methoxy groups -OCH3 is 1. The maximum absolute atomic E-state index is 14.2. The predicted molar refractivity (Wildman–Crippen MR) is 213 cm³/mol. The summed E-state index contributed by atoms with van der Waals surface area (Å²) in [5, 5.41) is 3.57. The molecule has 0 unspecified atom stereocenters. The number of nitrogens with one attached hydrogen (secondary N) is 1. The summed E-state index contributed by atoms with van der Waals surface area (Å²) in [6.45, 7) is 15.3. The summed E-state index contributed by atoms with van der Waals surface area (Å²) >= 11 is 1.31. The topological polar surface area (TPSA) is 152 Å². The van der Waals surface area contributed by atoms with Gasteiger partial charge in [0.2, 0.25) is 5.91 Å². The monoisotopic (exact) mass is 782 g/mol. The molecule has 0 saturated carbocycles. The van der Waals surface area contributed by atoms with Crippen LogP contribution in [0.2, 0.25) is 0 Å². The smallest absolute Gasteiger partial charge is 0.308 e. The largest absolute Gasteiger partial charge is 0.469 e. The highest BCUT2D eigenvalue weighted by molar-refractivity contribution is 7.12. The molecule has 0 aliphatic carbocycles. The van der Waals surface area contributed by atoms with Crippen LogP contribution in [0.4, 0.5) is 0 Å². The third kappa shape index (κ3) is 12.8. The van der Waals surface area contributed by atoms with Crippen molar-refractivity contribution in [3.8, 4) is 0 Å². The van der Waals surface area contributed by atoms with Gasteiger partial charge in [-0.3, -0.25) is 33.7 Å². The molecule has 2 heterocycles. The Morgan fingerprint density at radius 3 is 2.22 bits per heavy atom. The molecule has 0 spiro atoms. The van der Waals surface area contributed by atoms with Gasteiger partial charge in [-0.05, 0) is 43.2 Å². The van der Waals surface area contributed by atoms with E-state index in [2.05, 4.69) is 5.32 Å². The molecular formula is C42H62N4O8S. The third-order valence-electron chi connectivity index (χ3n) is 10.6. The standard InChI is InChI=1S/C42H62N4O8S/c1-24(2)32(22-35(49)34-21-31(48)17-18-45(34)9)41(51)46(10)33(25(3)4)23-36(54-28(8)47)40-44-37(38(55-40)26(5)6)39(50)43-30(19-27(7)42(52)53-11)20-29-15-13-12-14-16-29/h12-16,24-27,30,32-34,36H,17-23H2,1-11H3,(H,43,50)/t27-,30+,32-,33+,34+,36+/m0/s1. The highest BCUT2D eigenvalue weighted by atomic mass is 32.1. The van der Waals surface area contributed by atoms with E-state index < -0.39 is 47.9 Å². The van der Waals surface area contributed by atoms with Gasteiger partial charge in [-0.15, -0.1) is 11.3 Å². The Morgan fingerprint density at radius 2 is 1.65 bits per heavy atom. The van der Waals surface area contributed by atoms with Gasteiger partial charge in [-0.1, -0.05) is 78.8 Å². The van der Waals surface area contributed by atoms with Crippen molar-refractivity contribution in [1.82, 2.24) is 20.1 Å². The van der Waals surface area contributed by atoms with Crippen LogP contribution in [0.15, 0.2) is 30.3 Å². The maximum atomic E-state index is 14.2. The number of likely N-dealkylation sites (tertiary alicyclic amines) is 1. The Balaban J connectivity index is 1.91. The number of amides is 2. The zero-order valence-electron chi connectivity index (χ0n) is 34.5. The average Bonchev–Trinajstić information content (AvgIpc) is 3.58. The molecule has 3 rings (SSSR count). The summed E-state index contributed by atoms with van der Waals surface area (Å²) < 4.78 is 10.9. The first kappa shape index (κ1) is 45.4. The van der Waals surface area contributed by atoms with Crippen molar-refractivity contribution in [2.75, 3.05) is 27.7 Å². The SMILES string of the molecule is COC(=O)[C@@H](C)C[C@H](Cc1ccccc1)NC(=O)c1nc([C@@H](C[C@H](C(C)C)N(C)C(=O)[C@@H](CC(=O)[C@H]2CC(=O)CCN2C)C(C)C)OC(C)=O)sc1C(C)C. The Morgan fingerprint density at radius 1 is 1.00 bits per heavy atom. The van der Waals surface area contributed by atoms with Gasteiger partial charge in [-0.25, -0.2) is 4.98 Å². The summed E-state index contributed by atoms with van der Waals surface area (Å²) in [5.74, 6) is -2.89. The lowest BCUT2D eigenvalue weighted by molar-refractivity contribution is -0.149. The molecule has 0 bridgehead atoms. The van der Waals surface area contributed by atoms with Crippen LogP contribution in [0.1, 0.15) is 125 Å². The van der Waals surface area contributed by atoms with Crippen LogP contribution in [-0.4, -0.2) is 96.0 Å². The van der Waals surface area contributed by atoms with E-state index in [4.69, 9.17) is 14.5 Å². The normalized spacial score (nSPS) is 17.7. The fourth-order valence-corrected chi connectivity index (χ4v) is 8.39. The molecule has 13 heteroatoms. The van der Waals surface area contributed by atoms with E-state index in [9.17, 15) is 28.8 Å². The Bertz CT molecular complexity index is 1640. The molecular weight excluding hydrogens is 721 g/mol. The highest BCUT2D eigenvalue weighted by Gasteiger charge is 2.38. The molecule has 2 amide bonds. The number of carbonyl (C=O) groups is 6. The minimum absolute atomic E-state index is 0.0215. The lowest BCUT2D eigenvalue weighted by atomic mass is 9.84. The first-order valence-corrected chi connectivity index (χ1v) is 20.3. The van der Waals surface area contributed by atoms with Crippen LogP contribution in [0.5, 0.6) is 0 Å². The average molecular weight is 783 g/mol. The lowest BCUT2D eigenvalue weighted by Gasteiger charge is -2.37. The van der Waals surface area contributed by atoms with E-state index in [1.807, 2.05) is 83.8 Å². The number of ketones is 2. The fraction of sp³-hybridized carbons (Fsp3) is 0.643. The number of nitrogens with zero attached hydrogens (tertiary/aromatic N) is 3. The second kappa shape index (κ2) is 20.8. The molecule has 1 saturated heterocycles. The number of piperidine rings is 1. The van der Waals surface area contributed by atoms with Gasteiger partial charge in [0, 0.05) is 69.1 Å². The molecule has 1 fully saturated rings. The van der Waals surface area contributed by atoms with Crippen LogP contribution >= 0.6 is 11.3 Å². The number of carbonyl (C=O) groups excluding carboxylic acids is 6. The summed E-state index contributed by atoms with van der Waals surface area (Å²) in [5.41, 5.74) is 1.23. The number of Topliss-reactive ketones (excluding diaryl/α,β-unsaturated/α-hetero) is 2. The second-order valence-electron chi connectivity index (χ2n) is 16.0. The van der Waals surface area contributed by atoms with Crippen LogP contribution in [0.3, 0.4) is 0 Å². The van der Waals surface area contributed by atoms with Crippen molar-refractivity contribution in [3.63, 3.8) is 0 Å². The molecule has 12 nitrogen and oxygen atoms in total. The third-order valence-corrected chi connectivity index (χ3v) is 12.0. The van der Waals surface area contributed by atoms with Gasteiger partial charge in [0.1, 0.15) is 16.5 Å². The number of esters is 2. The van der Waals surface area contributed by atoms with Crippen LogP contribution in [0.25, 0.3) is 0 Å². The molecule has 1 N–H and O–H groups in total. The predicted octanol–water partition coefficient (Wildman–Crippen LogP) is 6.18. The highest BCUT2D eigenvalue weighted by Crippen LogP contribution is 2.36. The Labute approximate surface area is 331 Å². The Hall–Kier alpha value is -3.97. The van der Waals surface area contributed by atoms with Gasteiger partial charge in [-0.2, -0.15) is 0 Å². The summed E-state index contributed by atoms with van der Waals surface area (Å²) in [7, 11) is 4.90. The van der Waals surface area contributed by atoms with Gasteiger partial charge < -0.3 is 19.7 Å². The molecule has 304 valence electrons. The van der Waals surface area contributed by atoms with Crippen LogP contribution < -0.4 is 5.32 Å². The maximum Gasteiger partial charge on any atom is 0.308 e. The van der Waals surface area contributed by atoms with Crippen molar-refractivity contribution in [2.24, 2.45) is 23.7 Å². The number of hydrogen-bond donors (Lipinski definition) is 1. The second-order valence-corrected chi connectivity index (χ2v) is 17.1. The van der Waals surface area contributed by atoms with Crippen LogP contribution in [0, 0.1) is 23.7 Å². The molecule has 1 aliphatic rings. The molecule has 1 aliphatic heterocycles. The molecule has 1 aromatic heterocycles. The van der Waals surface area contributed by atoms with Crippen LogP contribution in [-0.2, 0) is 39.9 Å². The van der Waals surface area contributed by atoms with Crippen molar-refractivity contribution < 1.29 is 38.2 Å². The van der Waals surface area contributed by atoms with E-state index in [1.54, 1.807) is 18.9 Å². The number of aromatic nitrogens is 1. The van der Waals surface area contributed by atoms with E-state index in [-0.39, 0.29) is 66.2 Å². The zero-order chi connectivity index (χ0) is 41.1. The van der Waals surface area contributed by atoms with E-state index >= 15 is 0 Å². The minimum atomic E-state index is -0.857. The number of ether oxygens (including phenoxy) is 2. The summed E-state index contributed by atoms with van der Waals surface area (Å²) in [4.78, 5) is 88.0. The molecule has 1 aromatic carbocycles. The van der Waals surface area contributed by atoms with Gasteiger partial charge >= 0.3 is 11.9 Å². The van der Waals surface area contributed by atoms with Gasteiger partial charge in [0.05, 0.1) is 19.1 Å². The molecule has 6 atom stereocenters. The molecule has 0 radical (unpaired) electrons. The minimum Gasteiger partial charge on any atom is -0.469 e. The lowest BCUT2D eigenvalue weighted by Crippen LogP contribution is -2.49. The number of hydrogen-bond acceptors (Lipinski definition) is 11. The fourth-order valence-electron chi connectivity index (χ4n) is 7.28. The Kier molecular flexibility index (Phi) is 17.2. The zero-order valence-corrected chi connectivity index (χ0v) is 35.4.